The summed E-state index contributed by atoms with van der Waals surface area (Å²) < 4.78 is 25.8. The van der Waals surface area contributed by atoms with Crippen LogP contribution in [0, 0.1) is 6.92 Å². The van der Waals surface area contributed by atoms with E-state index in [1.165, 1.54) is 6.07 Å². The van der Waals surface area contributed by atoms with E-state index in [1.807, 2.05) is 37.3 Å². The topological polar surface area (TPSA) is 97.5 Å². The Kier molecular flexibility index (Phi) is 4.36. The van der Waals surface area contributed by atoms with Crippen LogP contribution >= 0.6 is 11.3 Å². The summed E-state index contributed by atoms with van der Waals surface area (Å²) in [5.41, 5.74) is 8.48. The summed E-state index contributed by atoms with van der Waals surface area (Å²) in [6.45, 7) is 1.95. The molecule has 0 radical (unpaired) electrons. The first-order valence-electron chi connectivity index (χ1n) is 7.34. The number of carboxylic acid groups (broad SMARTS) is 1. The van der Waals surface area contributed by atoms with Gasteiger partial charge in [0.2, 0.25) is 9.84 Å². The van der Waals surface area contributed by atoms with Gasteiger partial charge in [-0.3, -0.25) is 0 Å². The minimum Gasteiger partial charge on any atom is -0.477 e. The van der Waals surface area contributed by atoms with E-state index in [-0.39, 0.29) is 19.7 Å². The lowest BCUT2D eigenvalue weighted by molar-refractivity contribution is 0.0702. The van der Waals surface area contributed by atoms with Gasteiger partial charge in [-0.25, -0.2) is 13.2 Å². The molecule has 0 saturated heterocycles. The fourth-order valence-corrected chi connectivity index (χ4v) is 5.08. The lowest BCUT2D eigenvalue weighted by Crippen LogP contribution is -2.03. The molecule has 1 heterocycles. The van der Waals surface area contributed by atoms with Crippen LogP contribution in [0.3, 0.4) is 0 Å². The molecule has 1 aromatic heterocycles. The van der Waals surface area contributed by atoms with Crippen LogP contribution in [0.5, 0.6) is 0 Å². The number of sulfone groups is 1. The number of hydrogen-bond donors (Lipinski definition) is 2. The molecule has 25 heavy (non-hydrogen) atoms. The van der Waals surface area contributed by atoms with Gasteiger partial charge >= 0.3 is 5.97 Å². The maximum Gasteiger partial charge on any atom is 0.345 e. The third-order valence-corrected chi connectivity index (χ3v) is 6.70. The first kappa shape index (κ1) is 17.2. The Balaban J connectivity index is 2.12. The standard InChI is InChI=1S/C18H15NO4S2/c1-11-5-2-3-8-14(11)12-6-4-7-13(9-12)25(22,23)16-10-15(18(20)21)24-17(16)19/h2-10H,19H2,1H3,(H,20,21). The van der Waals surface area contributed by atoms with Crippen molar-refractivity contribution in [3.05, 3.63) is 65.0 Å². The first-order valence-corrected chi connectivity index (χ1v) is 9.64. The van der Waals surface area contributed by atoms with Gasteiger partial charge in [0.25, 0.3) is 0 Å². The average molecular weight is 373 g/mol. The molecule has 0 fully saturated rings. The van der Waals surface area contributed by atoms with Gasteiger partial charge in [-0.15, -0.1) is 11.3 Å². The van der Waals surface area contributed by atoms with Crippen molar-refractivity contribution in [1.29, 1.82) is 0 Å². The van der Waals surface area contributed by atoms with E-state index >= 15 is 0 Å². The maximum atomic E-state index is 12.9. The lowest BCUT2D eigenvalue weighted by Gasteiger charge is -2.09. The summed E-state index contributed by atoms with van der Waals surface area (Å²) >= 11 is 0.746. The second-order valence-electron chi connectivity index (χ2n) is 5.49. The van der Waals surface area contributed by atoms with Gasteiger partial charge in [0.05, 0.1) is 4.90 Å². The van der Waals surface area contributed by atoms with Crippen LogP contribution in [0.1, 0.15) is 15.2 Å². The normalized spacial score (nSPS) is 11.4. The van der Waals surface area contributed by atoms with Crippen molar-refractivity contribution < 1.29 is 18.3 Å². The second kappa shape index (κ2) is 6.34. The molecule has 0 bridgehead atoms. The predicted molar refractivity (Wildman–Crippen MR) is 97.8 cm³/mol. The molecular weight excluding hydrogens is 358 g/mol. The van der Waals surface area contributed by atoms with Gasteiger partial charge in [-0.2, -0.15) is 0 Å². The molecular formula is C18H15NO4S2. The molecule has 5 nitrogen and oxygen atoms in total. The quantitative estimate of drug-likeness (QED) is 0.724. The summed E-state index contributed by atoms with van der Waals surface area (Å²) in [6, 6.07) is 15.3. The molecule has 0 aliphatic heterocycles. The summed E-state index contributed by atoms with van der Waals surface area (Å²) in [4.78, 5) is 10.9. The van der Waals surface area contributed by atoms with Gasteiger partial charge < -0.3 is 10.8 Å². The number of aryl methyl sites for hydroxylation is 1. The van der Waals surface area contributed by atoms with Gasteiger partial charge in [0.1, 0.15) is 14.8 Å². The van der Waals surface area contributed by atoms with Crippen molar-refractivity contribution in [2.75, 3.05) is 5.73 Å². The van der Waals surface area contributed by atoms with E-state index in [2.05, 4.69) is 0 Å². The number of carboxylic acids is 1. The van der Waals surface area contributed by atoms with Gasteiger partial charge in [0, 0.05) is 0 Å². The molecule has 0 saturated carbocycles. The molecule has 0 atom stereocenters. The van der Waals surface area contributed by atoms with E-state index < -0.39 is 15.8 Å². The van der Waals surface area contributed by atoms with Crippen LogP contribution in [0.2, 0.25) is 0 Å². The number of nitrogen functional groups attached to an aromatic ring is 1. The molecule has 3 rings (SSSR count). The Bertz CT molecular complexity index is 1070. The molecule has 0 spiro atoms. The zero-order valence-corrected chi connectivity index (χ0v) is 14.9. The van der Waals surface area contributed by atoms with Crippen molar-refractivity contribution in [2.24, 2.45) is 0 Å². The number of nitrogens with two attached hydrogens (primary N) is 1. The van der Waals surface area contributed by atoms with Crippen molar-refractivity contribution in [1.82, 2.24) is 0 Å². The molecule has 0 aliphatic carbocycles. The van der Waals surface area contributed by atoms with Crippen LogP contribution < -0.4 is 5.73 Å². The number of carbonyl (C=O) groups is 1. The minimum atomic E-state index is -3.90. The van der Waals surface area contributed by atoms with Crippen LogP contribution in [0.15, 0.2) is 64.4 Å². The summed E-state index contributed by atoms with van der Waals surface area (Å²) in [5.74, 6) is -1.20. The molecule has 2 aromatic carbocycles. The highest BCUT2D eigenvalue weighted by Gasteiger charge is 2.25. The predicted octanol–water partition coefficient (Wildman–Crippen LogP) is 3.84. The fourth-order valence-electron chi connectivity index (χ4n) is 2.56. The molecule has 0 aliphatic rings. The van der Waals surface area contributed by atoms with E-state index in [4.69, 9.17) is 10.8 Å². The average Bonchev–Trinajstić information content (AvgIpc) is 2.98. The molecule has 0 amide bonds. The first-order chi connectivity index (χ1) is 11.8. The Morgan fingerprint density at radius 1 is 1.08 bits per heavy atom. The van der Waals surface area contributed by atoms with Crippen LogP contribution in [0.25, 0.3) is 11.1 Å². The minimum absolute atomic E-state index is 0.0290. The number of anilines is 1. The van der Waals surface area contributed by atoms with E-state index in [1.54, 1.807) is 12.1 Å². The zero-order valence-electron chi connectivity index (χ0n) is 13.3. The van der Waals surface area contributed by atoms with E-state index in [9.17, 15) is 13.2 Å². The van der Waals surface area contributed by atoms with Crippen molar-refractivity contribution in [3.8, 4) is 11.1 Å². The monoisotopic (exact) mass is 373 g/mol. The second-order valence-corrected chi connectivity index (χ2v) is 8.49. The van der Waals surface area contributed by atoms with Crippen LogP contribution in [-0.4, -0.2) is 19.5 Å². The highest BCUT2D eigenvalue weighted by atomic mass is 32.2. The summed E-state index contributed by atoms with van der Waals surface area (Å²) in [5, 5.41) is 9.01. The largest absolute Gasteiger partial charge is 0.477 e. The van der Waals surface area contributed by atoms with Crippen LogP contribution in [0.4, 0.5) is 5.00 Å². The van der Waals surface area contributed by atoms with Crippen molar-refractivity contribution in [2.45, 2.75) is 16.7 Å². The smallest absolute Gasteiger partial charge is 0.345 e. The highest BCUT2D eigenvalue weighted by molar-refractivity contribution is 7.91. The summed E-state index contributed by atoms with van der Waals surface area (Å²) in [6.07, 6.45) is 0. The van der Waals surface area contributed by atoms with E-state index in [0.29, 0.717) is 0 Å². The molecule has 3 aromatic rings. The Morgan fingerprint density at radius 2 is 1.80 bits per heavy atom. The van der Waals surface area contributed by atoms with Gasteiger partial charge in [-0.1, -0.05) is 36.4 Å². The van der Waals surface area contributed by atoms with Crippen LogP contribution in [-0.2, 0) is 9.84 Å². The number of aromatic carboxylic acids is 1. The Labute approximate surface area is 149 Å². The summed E-state index contributed by atoms with van der Waals surface area (Å²) in [7, 11) is -3.90. The van der Waals surface area contributed by atoms with Gasteiger partial charge in [-0.05, 0) is 41.8 Å². The third kappa shape index (κ3) is 3.16. The molecule has 7 heteroatoms. The highest BCUT2D eigenvalue weighted by Crippen LogP contribution is 2.34. The zero-order chi connectivity index (χ0) is 18.2. The van der Waals surface area contributed by atoms with Gasteiger partial charge in [0.15, 0.2) is 0 Å². The molecule has 0 unspecified atom stereocenters. The third-order valence-electron chi connectivity index (χ3n) is 3.83. The number of benzene rings is 2. The molecule has 3 N–H and O–H groups in total. The number of thiophene rings is 1. The van der Waals surface area contributed by atoms with Crippen molar-refractivity contribution in [3.63, 3.8) is 0 Å². The van der Waals surface area contributed by atoms with E-state index in [0.717, 1.165) is 34.1 Å². The Morgan fingerprint density at radius 3 is 2.44 bits per heavy atom. The SMILES string of the molecule is Cc1ccccc1-c1cccc(S(=O)(=O)c2cc(C(=O)O)sc2N)c1. The number of rotatable bonds is 4. The fraction of sp³-hybridized carbons (Fsp3) is 0.0556. The molecule has 128 valence electrons. The Hall–Kier alpha value is -2.64. The maximum absolute atomic E-state index is 12.9. The lowest BCUT2D eigenvalue weighted by atomic mass is 10.0. The number of hydrogen-bond acceptors (Lipinski definition) is 5. The van der Waals surface area contributed by atoms with Crippen molar-refractivity contribution >= 4 is 32.1 Å².